The highest BCUT2D eigenvalue weighted by atomic mass is 16.5. The fraction of sp³-hybridized carbons (Fsp3) is 0.680. The van der Waals surface area contributed by atoms with Crippen LogP contribution in [0.1, 0.15) is 47.5 Å². The molecule has 0 unspecified atom stereocenters. The van der Waals surface area contributed by atoms with Crippen molar-refractivity contribution < 1.29 is 33.8 Å². The molecule has 0 radical (unpaired) electrons. The maximum atomic E-state index is 12.9. The summed E-state index contributed by atoms with van der Waals surface area (Å²) in [5.74, 6) is -1.25. The molecule has 0 atom stereocenters. The van der Waals surface area contributed by atoms with E-state index in [1.54, 1.807) is 32.7 Å². The second-order valence-electron chi connectivity index (χ2n) is 9.46. The summed E-state index contributed by atoms with van der Waals surface area (Å²) in [6, 6.07) is 0. The van der Waals surface area contributed by atoms with Gasteiger partial charge in [0.15, 0.2) is 11.6 Å². The highest BCUT2D eigenvalue weighted by Crippen LogP contribution is 2.39. The number of carboxylic acid groups (broad SMARTS) is 1. The molecule has 0 spiro atoms. The highest BCUT2D eigenvalue weighted by Gasteiger charge is 2.38. The smallest absolute Gasteiger partial charge is 0.305 e. The number of Topliss-reactive ketones (excluding diaryl/α,β-unsaturated/α-hetero) is 2. The Hall–Kier alpha value is -2.36. The second kappa shape index (κ2) is 13.5. The zero-order valence-electron chi connectivity index (χ0n) is 21.7. The topological polar surface area (TPSA) is 113 Å². The van der Waals surface area contributed by atoms with E-state index in [0.717, 1.165) is 0 Å². The van der Waals surface area contributed by atoms with E-state index in [1.165, 1.54) is 0 Å². The number of carbonyl (C=O) groups excluding carboxylic acids is 3. The number of carboxylic acids is 1. The number of hydrogen-bond donors (Lipinski definition) is 1. The van der Waals surface area contributed by atoms with Crippen LogP contribution in [0, 0.1) is 5.41 Å². The van der Waals surface area contributed by atoms with Gasteiger partial charge in [0.05, 0.1) is 32.8 Å². The minimum absolute atomic E-state index is 0.0197. The van der Waals surface area contributed by atoms with E-state index < -0.39 is 11.4 Å². The fourth-order valence-electron chi connectivity index (χ4n) is 3.77. The van der Waals surface area contributed by atoms with Crippen LogP contribution < -0.4 is 0 Å². The molecule has 0 saturated carbocycles. The summed E-state index contributed by atoms with van der Waals surface area (Å²) in [5, 5.41) is 8.53. The van der Waals surface area contributed by atoms with Gasteiger partial charge in [-0.05, 0) is 27.8 Å². The summed E-state index contributed by atoms with van der Waals surface area (Å²) in [4.78, 5) is 52.4. The SMILES string of the molecule is CC1=C(C)C(=O)C(C(C)(C)CC(=O)N(C)CCN(C)CCOCCOCCC(=O)O)=C(C)C1=O. The number of allylic oxidation sites excluding steroid dienone is 4. The molecule has 0 saturated heterocycles. The lowest BCUT2D eigenvalue weighted by Crippen LogP contribution is -2.39. The van der Waals surface area contributed by atoms with Crippen molar-refractivity contribution in [3.8, 4) is 0 Å². The molecule has 0 bridgehead atoms. The van der Waals surface area contributed by atoms with E-state index in [1.807, 2.05) is 25.8 Å². The number of aliphatic carboxylic acids is 1. The van der Waals surface area contributed by atoms with Gasteiger partial charge in [0.2, 0.25) is 5.91 Å². The van der Waals surface area contributed by atoms with Crippen LogP contribution in [0.3, 0.4) is 0 Å². The van der Waals surface area contributed by atoms with Gasteiger partial charge in [0.1, 0.15) is 0 Å². The average molecular weight is 481 g/mol. The number of carbonyl (C=O) groups is 4. The molecule has 9 nitrogen and oxygen atoms in total. The second-order valence-corrected chi connectivity index (χ2v) is 9.46. The van der Waals surface area contributed by atoms with Crippen LogP contribution >= 0.6 is 0 Å². The van der Waals surface area contributed by atoms with E-state index in [2.05, 4.69) is 0 Å². The Morgan fingerprint density at radius 2 is 1.38 bits per heavy atom. The molecule has 0 fully saturated rings. The van der Waals surface area contributed by atoms with Crippen molar-refractivity contribution in [3.05, 3.63) is 22.3 Å². The third-order valence-corrected chi connectivity index (χ3v) is 6.15. The number of likely N-dealkylation sites (N-methyl/N-ethyl adjacent to an activating group) is 2. The Bertz CT molecular complexity index is 842. The normalized spacial score (nSPS) is 14.9. The number of hydrogen-bond acceptors (Lipinski definition) is 7. The first-order valence-electron chi connectivity index (χ1n) is 11.6. The van der Waals surface area contributed by atoms with Crippen LogP contribution in [-0.2, 0) is 28.7 Å². The monoisotopic (exact) mass is 480 g/mol. The lowest BCUT2D eigenvalue weighted by atomic mass is 9.71. The molecule has 1 aliphatic carbocycles. The first kappa shape index (κ1) is 29.7. The molecule has 1 aliphatic rings. The van der Waals surface area contributed by atoms with E-state index in [9.17, 15) is 19.2 Å². The molecule has 0 aliphatic heterocycles. The molecule has 1 amide bonds. The van der Waals surface area contributed by atoms with Gasteiger partial charge in [-0.25, -0.2) is 0 Å². The maximum Gasteiger partial charge on any atom is 0.305 e. The predicted molar refractivity (Wildman–Crippen MR) is 129 cm³/mol. The van der Waals surface area contributed by atoms with Crippen LogP contribution in [-0.4, -0.2) is 98.5 Å². The van der Waals surface area contributed by atoms with Crippen molar-refractivity contribution in [1.82, 2.24) is 9.80 Å². The molecular formula is C25H40N2O7. The molecule has 1 N–H and O–H groups in total. The number of rotatable bonds is 15. The molecule has 1 rings (SSSR count). The summed E-state index contributed by atoms with van der Waals surface area (Å²) in [6.07, 6.45) is 0.115. The van der Waals surface area contributed by atoms with Gasteiger partial charge in [-0.2, -0.15) is 0 Å². The molecule has 192 valence electrons. The fourth-order valence-corrected chi connectivity index (χ4v) is 3.77. The largest absolute Gasteiger partial charge is 0.481 e. The summed E-state index contributed by atoms with van der Waals surface area (Å²) in [6.45, 7) is 11.9. The number of ether oxygens (including phenoxy) is 2. The first-order valence-corrected chi connectivity index (χ1v) is 11.6. The summed E-state index contributed by atoms with van der Waals surface area (Å²) in [5.41, 5.74) is 1.04. The molecule has 0 aromatic carbocycles. The van der Waals surface area contributed by atoms with Crippen LogP contribution in [0.15, 0.2) is 22.3 Å². The molecule has 0 aromatic heterocycles. The van der Waals surface area contributed by atoms with Crippen LogP contribution in [0.4, 0.5) is 0 Å². The molecule has 34 heavy (non-hydrogen) atoms. The number of ketones is 2. The lowest BCUT2D eigenvalue weighted by molar-refractivity contribution is -0.138. The molecule has 0 aromatic rings. The third-order valence-electron chi connectivity index (χ3n) is 6.15. The maximum absolute atomic E-state index is 12.9. The van der Waals surface area contributed by atoms with E-state index in [0.29, 0.717) is 61.7 Å². The standard InChI is InChI=1S/C25H40N2O7/c1-17-18(2)24(32)22(19(3)23(17)31)25(4,5)16-20(28)27(7)10-9-26(6)11-13-34-15-14-33-12-8-21(29)30/h8-16H2,1-7H3,(H,29,30). The number of nitrogens with zero attached hydrogens (tertiary/aromatic N) is 2. The Kier molecular flexibility index (Phi) is 11.8. The zero-order valence-corrected chi connectivity index (χ0v) is 21.7. The summed E-state index contributed by atoms with van der Waals surface area (Å²) in [7, 11) is 3.68. The van der Waals surface area contributed by atoms with Crippen molar-refractivity contribution >= 4 is 23.4 Å². The Morgan fingerprint density at radius 3 is 1.97 bits per heavy atom. The molecular weight excluding hydrogens is 440 g/mol. The van der Waals surface area contributed by atoms with Crippen molar-refractivity contribution in [3.63, 3.8) is 0 Å². The van der Waals surface area contributed by atoms with Gasteiger partial charge in [-0.15, -0.1) is 0 Å². The Balaban J connectivity index is 2.44. The lowest BCUT2D eigenvalue weighted by Gasteiger charge is -2.33. The van der Waals surface area contributed by atoms with Crippen molar-refractivity contribution in [2.45, 2.75) is 47.5 Å². The molecule has 9 heteroatoms. The minimum Gasteiger partial charge on any atom is -0.481 e. The van der Waals surface area contributed by atoms with Gasteiger partial charge in [0, 0.05) is 60.8 Å². The average Bonchev–Trinajstić information content (AvgIpc) is 2.75. The van der Waals surface area contributed by atoms with E-state index in [-0.39, 0.29) is 36.9 Å². The van der Waals surface area contributed by atoms with Crippen LogP contribution in [0.5, 0.6) is 0 Å². The minimum atomic E-state index is -0.887. The number of amides is 1. The molecule has 0 heterocycles. The van der Waals surface area contributed by atoms with Crippen LogP contribution in [0.25, 0.3) is 0 Å². The van der Waals surface area contributed by atoms with Crippen molar-refractivity contribution in [1.29, 1.82) is 0 Å². The van der Waals surface area contributed by atoms with Gasteiger partial charge in [-0.1, -0.05) is 13.8 Å². The van der Waals surface area contributed by atoms with Crippen LogP contribution in [0.2, 0.25) is 0 Å². The Morgan fingerprint density at radius 1 is 0.824 bits per heavy atom. The summed E-state index contributed by atoms with van der Waals surface area (Å²) >= 11 is 0. The van der Waals surface area contributed by atoms with Crippen molar-refractivity contribution in [2.24, 2.45) is 5.41 Å². The van der Waals surface area contributed by atoms with Crippen molar-refractivity contribution in [2.75, 3.05) is 60.2 Å². The quantitative estimate of drug-likeness (QED) is 0.280. The Labute approximate surface area is 202 Å². The zero-order chi connectivity index (χ0) is 26.1. The van der Waals surface area contributed by atoms with Gasteiger partial charge in [-0.3, -0.25) is 19.2 Å². The predicted octanol–water partition coefficient (Wildman–Crippen LogP) is 2.11. The first-order chi connectivity index (χ1) is 15.8. The highest BCUT2D eigenvalue weighted by molar-refractivity contribution is 6.25. The van der Waals surface area contributed by atoms with Gasteiger partial charge in [0.25, 0.3) is 0 Å². The summed E-state index contributed by atoms with van der Waals surface area (Å²) < 4.78 is 10.6. The van der Waals surface area contributed by atoms with E-state index in [4.69, 9.17) is 14.6 Å². The van der Waals surface area contributed by atoms with E-state index >= 15 is 0 Å². The van der Waals surface area contributed by atoms with Gasteiger partial charge < -0.3 is 24.4 Å². The third kappa shape index (κ3) is 8.77. The van der Waals surface area contributed by atoms with Gasteiger partial charge >= 0.3 is 5.97 Å².